The maximum atomic E-state index is 13.2. The Balaban J connectivity index is 2.52. The summed E-state index contributed by atoms with van der Waals surface area (Å²) < 4.78 is 64.6. The minimum atomic E-state index is -2.19. The molecule has 1 rings (SSSR count). The molecule has 0 saturated carbocycles. The number of rotatable bonds is 8. The Morgan fingerprint density at radius 3 is 1.80 bits per heavy atom. The molecule has 0 atom stereocenters. The number of hydrogen-bond acceptors (Lipinski definition) is 1. The van der Waals surface area contributed by atoms with Gasteiger partial charge in [-0.3, -0.25) is 4.84 Å². The molecule has 0 aliphatic rings. The first-order valence-electron chi connectivity index (χ1n) is 6.57. The van der Waals surface area contributed by atoms with Gasteiger partial charge in [0.15, 0.2) is 6.61 Å². The second-order valence-electron chi connectivity index (χ2n) is 4.42. The van der Waals surface area contributed by atoms with Gasteiger partial charge in [-0.05, 0) is 12.8 Å². The summed E-state index contributed by atoms with van der Waals surface area (Å²) >= 11 is 0. The maximum absolute atomic E-state index is 13.2. The van der Waals surface area contributed by atoms with Crippen molar-refractivity contribution in [1.29, 1.82) is 0 Å². The first-order valence-corrected chi connectivity index (χ1v) is 6.57. The number of aromatic nitrogens is 1. The van der Waals surface area contributed by atoms with Crippen LogP contribution >= 0.6 is 0 Å². The van der Waals surface area contributed by atoms with Gasteiger partial charge in [0.1, 0.15) is 0 Å². The van der Waals surface area contributed by atoms with Gasteiger partial charge in [-0.2, -0.15) is 13.2 Å². The van der Waals surface area contributed by atoms with Crippen LogP contribution in [0.25, 0.3) is 0 Å². The van der Waals surface area contributed by atoms with Gasteiger partial charge in [-0.15, -0.1) is 8.78 Å². The van der Waals surface area contributed by atoms with Gasteiger partial charge in [0.05, 0.1) is 4.73 Å². The zero-order chi connectivity index (χ0) is 15.1. The molecule has 1 aromatic rings. The van der Waals surface area contributed by atoms with Crippen LogP contribution in [-0.2, 0) is 0 Å². The smallest absolute Gasteiger partial charge is 0.266 e. The van der Waals surface area contributed by atoms with E-state index in [1.807, 2.05) is 0 Å². The third kappa shape index (κ3) is 4.05. The number of unbranched alkanes of at least 4 members (excludes halogenated alkanes) is 5. The second-order valence-corrected chi connectivity index (χ2v) is 4.42. The summed E-state index contributed by atoms with van der Waals surface area (Å²) in [5.74, 6) is -10.3. The molecule has 0 aliphatic heterocycles. The van der Waals surface area contributed by atoms with Crippen LogP contribution in [-0.4, -0.2) is 6.61 Å². The second kappa shape index (κ2) is 8.01. The first-order chi connectivity index (χ1) is 9.50. The fourth-order valence-electron chi connectivity index (χ4n) is 1.69. The number of hydrogen-bond donors (Lipinski definition) is 0. The van der Waals surface area contributed by atoms with Crippen LogP contribution in [0.1, 0.15) is 45.4 Å². The van der Waals surface area contributed by atoms with Gasteiger partial charge >= 0.3 is 11.9 Å². The molecule has 0 radical (unpaired) electrons. The lowest BCUT2D eigenvalue weighted by atomic mass is 10.1. The van der Waals surface area contributed by atoms with E-state index in [9.17, 15) is 22.0 Å². The van der Waals surface area contributed by atoms with Crippen molar-refractivity contribution in [3.8, 4) is 0 Å². The largest absolute Gasteiger partial charge is 0.451 e. The van der Waals surface area contributed by atoms with Crippen LogP contribution in [0.4, 0.5) is 22.0 Å². The van der Waals surface area contributed by atoms with Crippen LogP contribution in [0.5, 0.6) is 0 Å². The average molecular weight is 298 g/mol. The normalized spacial score (nSPS) is 10.9. The Kier molecular flexibility index (Phi) is 6.67. The highest BCUT2D eigenvalue weighted by Gasteiger charge is 2.35. The molecule has 20 heavy (non-hydrogen) atoms. The van der Waals surface area contributed by atoms with E-state index in [2.05, 4.69) is 11.8 Å². The van der Waals surface area contributed by atoms with Gasteiger partial charge < -0.3 is 0 Å². The molecule has 7 heteroatoms. The lowest BCUT2D eigenvalue weighted by Crippen LogP contribution is -2.52. The SMILES string of the molecule is CCCCCCCCO[n+]1c(F)c(F)c(F)c(F)c1F. The zero-order valence-electron chi connectivity index (χ0n) is 11.2. The van der Waals surface area contributed by atoms with Crippen molar-refractivity contribution < 1.29 is 31.5 Å². The van der Waals surface area contributed by atoms with Crippen molar-refractivity contribution in [3.63, 3.8) is 0 Å². The summed E-state index contributed by atoms with van der Waals surface area (Å²) in [4.78, 5) is 4.61. The zero-order valence-corrected chi connectivity index (χ0v) is 11.2. The van der Waals surface area contributed by atoms with Crippen LogP contribution in [0.15, 0.2) is 0 Å². The fourth-order valence-corrected chi connectivity index (χ4v) is 1.69. The van der Waals surface area contributed by atoms with E-state index in [4.69, 9.17) is 0 Å². The van der Waals surface area contributed by atoms with Gasteiger partial charge in [0.2, 0.25) is 5.82 Å². The molecule has 1 aromatic heterocycles. The van der Waals surface area contributed by atoms with E-state index in [1.54, 1.807) is 0 Å². The van der Waals surface area contributed by atoms with Gasteiger partial charge in [-0.1, -0.05) is 32.6 Å². The highest BCUT2D eigenvalue weighted by Crippen LogP contribution is 2.13. The average Bonchev–Trinajstić information content (AvgIpc) is 2.45. The minimum Gasteiger partial charge on any atom is -0.266 e. The van der Waals surface area contributed by atoms with E-state index in [0.29, 0.717) is 6.42 Å². The fraction of sp³-hybridized carbons (Fsp3) is 0.615. The third-order valence-corrected chi connectivity index (χ3v) is 2.82. The van der Waals surface area contributed by atoms with Crippen molar-refractivity contribution in [2.24, 2.45) is 0 Å². The molecule has 0 unspecified atom stereocenters. The topological polar surface area (TPSA) is 13.1 Å². The quantitative estimate of drug-likeness (QED) is 0.310. The Bertz CT molecular complexity index is 424. The van der Waals surface area contributed by atoms with E-state index in [0.717, 1.165) is 32.1 Å². The van der Waals surface area contributed by atoms with Crippen LogP contribution in [0, 0.1) is 29.3 Å². The molecule has 0 aromatic carbocycles. The summed E-state index contributed by atoms with van der Waals surface area (Å²) in [5, 5.41) is 0. The molecule has 0 amide bonds. The van der Waals surface area contributed by atoms with Gasteiger partial charge in [-0.25, -0.2) is 0 Å². The minimum absolute atomic E-state index is 0.116. The molecule has 2 nitrogen and oxygen atoms in total. The Morgan fingerprint density at radius 2 is 1.25 bits per heavy atom. The first kappa shape index (κ1) is 16.7. The Hall–Kier alpha value is -1.40. The highest BCUT2D eigenvalue weighted by molar-refractivity contribution is 4.99. The summed E-state index contributed by atoms with van der Waals surface area (Å²) in [6.07, 6.45) is 5.45. The van der Waals surface area contributed by atoms with Crippen LogP contribution in [0.3, 0.4) is 0 Å². The lowest BCUT2D eigenvalue weighted by molar-refractivity contribution is -0.931. The van der Waals surface area contributed by atoms with E-state index in [1.165, 1.54) is 0 Å². The van der Waals surface area contributed by atoms with E-state index in [-0.39, 0.29) is 11.3 Å². The molecular weight excluding hydrogens is 281 g/mol. The van der Waals surface area contributed by atoms with E-state index < -0.39 is 29.3 Å². The van der Waals surface area contributed by atoms with E-state index >= 15 is 0 Å². The standard InChI is InChI=1S/C13H17F5NO/c1-2-3-4-5-6-7-8-20-19-12(17)10(15)9(14)11(16)13(19)18/h2-8H2,1H3/q+1. The predicted molar refractivity (Wildman–Crippen MR) is 61.3 cm³/mol. The molecule has 0 saturated heterocycles. The highest BCUT2D eigenvalue weighted by atomic mass is 19.2. The number of nitrogens with zero attached hydrogens (tertiary/aromatic N) is 1. The number of halogens is 5. The molecule has 0 N–H and O–H groups in total. The third-order valence-electron chi connectivity index (χ3n) is 2.82. The summed E-state index contributed by atoms with van der Waals surface area (Å²) in [7, 11) is 0. The maximum Gasteiger partial charge on any atom is 0.451 e. The number of pyridine rings is 1. The van der Waals surface area contributed by atoms with Crippen LogP contribution < -0.4 is 9.57 Å². The predicted octanol–water partition coefficient (Wildman–Crippen LogP) is 3.46. The van der Waals surface area contributed by atoms with Gasteiger partial charge in [0, 0.05) is 0 Å². The monoisotopic (exact) mass is 298 g/mol. The van der Waals surface area contributed by atoms with Crippen molar-refractivity contribution in [1.82, 2.24) is 0 Å². The molecular formula is C13H17F5NO+. The molecule has 1 heterocycles. The molecule has 0 fully saturated rings. The summed E-state index contributed by atoms with van der Waals surface area (Å²) in [6.45, 7) is 1.96. The Morgan fingerprint density at radius 1 is 0.750 bits per heavy atom. The summed E-state index contributed by atoms with van der Waals surface area (Å²) in [6, 6.07) is 0. The van der Waals surface area contributed by atoms with Crippen molar-refractivity contribution in [2.45, 2.75) is 45.4 Å². The summed E-state index contributed by atoms with van der Waals surface area (Å²) in [5.41, 5.74) is 0. The molecule has 0 bridgehead atoms. The molecule has 0 spiro atoms. The lowest BCUT2D eigenvalue weighted by Gasteiger charge is -2.02. The Labute approximate surface area is 114 Å². The molecule has 114 valence electrons. The molecule has 0 aliphatic carbocycles. The van der Waals surface area contributed by atoms with Crippen molar-refractivity contribution >= 4 is 0 Å². The van der Waals surface area contributed by atoms with Gasteiger partial charge in [0.25, 0.3) is 11.6 Å². The van der Waals surface area contributed by atoms with Crippen molar-refractivity contribution in [3.05, 3.63) is 29.3 Å². The van der Waals surface area contributed by atoms with Crippen molar-refractivity contribution in [2.75, 3.05) is 6.61 Å². The van der Waals surface area contributed by atoms with Crippen LogP contribution in [0.2, 0.25) is 0 Å².